The van der Waals surface area contributed by atoms with E-state index in [0.29, 0.717) is 10.6 Å². The molecule has 0 aliphatic heterocycles. The molecule has 9 heteroatoms. The molecule has 0 atom stereocenters. The van der Waals surface area contributed by atoms with E-state index < -0.39 is 4.92 Å². The molecule has 1 aromatic carbocycles. The number of rotatable bonds is 5. The van der Waals surface area contributed by atoms with Crippen LogP contribution < -0.4 is 5.32 Å². The van der Waals surface area contributed by atoms with Crippen LogP contribution in [0.3, 0.4) is 0 Å². The second kappa shape index (κ2) is 7.96. The Kier molecular flexibility index (Phi) is 5.96. The van der Waals surface area contributed by atoms with Crippen molar-refractivity contribution in [1.29, 1.82) is 5.26 Å². The van der Waals surface area contributed by atoms with E-state index >= 15 is 0 Å². The Hall–Kier alpha value is -2.63. The number of hydrogen-bond acceptors (Lipinski definition) is 6. The van der Waals surface area contributed by atoms with E-state index in [4.69, 9.17) is 11.6 Å². The number of nitrogens with zero attached hydrogens (tertiary/aromatic N) is 3. The number of nitro benzene ring substituents is 1. The van der Waals surface area contributed by atoms with Gasteiger partial charge in [-0.1, -0.05) is 23.4 Å². The summed E-state index contributed by atoms with van der Waals surface area (Å²) in [5.74, 6) is -0.330. The van der Waals surface area contributed by atoms with E-state index in [0.717, 1.165) is 23.0 Å². The van der Waals surface area contributed by atoms with Gasteiger partial charge in [0.25, 0.3) is 5.69 Å². The maximum Gasteiger partial charge on any atom is 0.271 e. The fraction of sp³-hybridized carbons (Fsp3) is 0.188. The van der Waals surface area contributed by atoms with Crippen LogP contribution in [-0.4, -0.2) is 21.6 Å². The number of halogens is 1. The first kappa shape index (κ1) is 18.7. The lowest BCUT2D eigenvalue weighted by Crippen LogP contribution is -2.14. The zero-order valence-electron chi connectivity index (χ0n) is 13.4. The van der Waals surface area contributed by atoms with Gasteiger partial charge in [0.2, 0.25) is 5.91 Å². The van der Waals surface area contributed by atoms with Crippen LogP contribution in [0.5, 0.6) is 0 Å². The number of non-ortho nitro benzene ring substituents is 1. The van der Waals surface area contributed by atoms with Gasteiger partial charge in [-0.05, 0) is 31.5 Å². The summed E-state index contributed by atoms with van der Waals surface area (Å²) in [4.78, 5) is 26.5. The van der Waals surface area contributed by atoms with E-state index in [-0.39, 0.29) is 28.1 Å². The number of thioether (sulfide) groups is 1. The number of hydrogen-bond donors (Lipinski definition) is 1. The maximum absolute atomic E-state index is 12.1. The highest BCUT2D eigenvalue weighted by Gasteiger charge is 2.14. The number of carbonyl (C=O) groups excluding carboxylic acids is 1. The Morgan fingerprint density at radius 2 is 2.16 bits per heavy atom. The van der Waals surface area contributed by atoms with Crippen molar-refractivity contribution in [3.63, 3.8) is 0 Å². The lowest BCUT2D eigenvalue weighted by molar-refractivity contribution is -0.384. The van der Waals surface area contributed by atoms with Gasteiger partial charge in [0.15, 0.2) is 0 Å². The maximum atomic E-state index is 12.1. The molecular weight excluding hydrogens is 364 g/mol. The van der Waals surface area contributed by atoms with E-state index in [1.807, 2.05) is 13.8 Å². The topological polar surface area (TPSA) is 109 Å². The minimum atomic E-state index is -0.567. The standard InChI is InChI=1S/C16H13ClN4O3S/c1-9-5-10(2)19-16(12(9)7-18)25-8-15(22)20-14-4-3-11(21(23)24)6-13(14)17/h3-6H,8H2,1-2H3,(H,20,22). The number of nitriles is 1. The minimum absolute atomic E-state index is 0.0257. The third-order valence-corrected chi connectivity index (χ3v) is 4.49. The molecule has 2 aromatic rings. The highest BCUT2D eigenvalue weighted by atomic mass is 35.5. The molecule has 0 radical (unpaired) electrons. The van der Waals surface area contributed by atoms with E-state index in [2.05, 4.69) is 16.4 Å². The van der Waals surface area contributed by atoms with Crippen molar-refractivity contribution in [2.24, 2.45) is 0 Å². The molecule has 0 aliphatic carbocycles. The normalized spacial score (nSPS) is 10.2. The molecule has 7 nitrogen and oxygen atoms in total. The second-order valence-corrected chi connectivity index (χ2v) is 6.50. The van der Waals surface area contributed by atoms with Crippen LogP contribution in [0.1, 0.15) is 16.8 Å². The molecule has 1 amide bonds. The fourth-order valence-electron chi connectivity index (χ4n) is 2.08. The van der Waals surface area contributed by atoms with Crippen LogP contribution in [0, 0.1) is 35.3 Å². The highest BCUT2D eigenvalue weighted by molar-refractivity contribution is 8.00. The van der Waals surface area contributed by atoms with Crippen LogP contribution in [0.4, 0.5) is 11.4 Å². The van der Waals surface area contributed by atoms with Crippen molar-refractivity contribution in [2.45, 2.75) is 18.9 Å². The summed E-state index contributed by atoms with van der Waals surface area (Å²) < 4.78 is 0. The summed E-state index contributed by atoms with van der Waals surface area (Å²) in [6, 6.07) is 7.70. The molecular formula is C16H13ClN4O3S. The Balaban J connectivity index is 2.07. The Morgan fingerprint density at radius 1 is 1.44 bits per heavy atom. The molecule has 0 saturated carbocycles. The Morgan fingerprint density at radius 3 is 2.76 bits per heavy atom. The van der Waals surface area contributed by atoms with Crippen molar-refractivity contribution < 1.29 is 9.72 Å². The predicted molar refractivity (Wildman–Crippen MR) is 95.9 cm³/mol. The predicted octanol–water partition coefficient (Wildman–Crippen LogP) is 3.86. The number of aromatic nitrogens is 1. The van der Waals surface area contributed by atoms with Crippen molar-refractivity contribution >= 4 is 40.6 Å². The molecule has 2 rings (SSSR count). The summed E-state index contributed by atoms with van der Waals surface area (Å²) in [6.07, 6.45) is 0. The van der Waals surface area contributed by atoms with Gasteiger partial charge in [-0.25, -0.2) is 4.98 Å². The number of aryl methyl sites for hydroxylation is 2. The monoisotopic (exact) mass is 376 g/mol. The van der Waals surface area contributed by atoms with Crippen LogP contribution in [0.25, 0.3) is 0 Å². The number of pyridine rings is 1. The van der Waals surface area contributed by atoms with Crippen LogP contribution in [0.2, 0.25) is 5.02 Å². The molecule has 25 heavy (non-hydrogen) atoms. The van der Waals surface area contributed by atoms with E-state index in [9.17, 15) is 20.2 Å². The second-order valence-electron chi connectivity index (χ2n) is 5.13. The van der Waals surface area contributed by atoms with Gasteiger partial charge < -0.3 is 5.32 Å². The smallest absolute Gasteiger partial charge is 0.271 e. The number of benzene rings is 1. The first-order valence-corrected chi connectivity index (χ1v) is 8.43. The third kappa shape index (κ3) is 4.68. The molecule has 1 aromatic heterocycles. The summed E-state index contributed by atoms with van der Waals surface area (Å²) in [7, 11) is 0. The minimum Gasteiger partial charge on any atom is -0.324 e. The van der Waals surface area contributed by atoms with Crippen molar-refractivity contribution in [3.8, 4) is 6.07 Å². The Bertz CT molecular complexity index is 896. The lowest BCUT2D eigenvalue weighted by Gasteiger charge is -2.09. The SMILES string of the molecule is Cc1cc(C)c(C#N)c(SCC(=O)Nc2ccc([N+](=O)[O-])cc2Cl)n1. The largest absolute Gasteiger partial charge is 0.324 e. The van der Waals surface area contributed by atoms with Gasteiger partial charge in [-0.2, -0.15) is 5.26 Å². The van der Waals surface area contributed by atoms with Gasteiger partial charge in [-0.15, -0.1) is 0 Å². The average Bonchev–Trinajstić information content (AvgIpc) is 2.54. The summed E-state index contributed by atoms with van der Waals surface area (Å²) in [6.45, 7) is 3.63. The fourth-order valence-corrected chi connectivity index (χ4v) is 3.20. The zero-order chi connectivity index (χ0) is 18.6. The van der Waals surface area contributed by atoms with Gasteiger partial charge in [-0.3, -0.25) is 14.9 Å². The number of nitrogens with one attached hydrogen (secondary N) is 1. The third-order valence-electron chi connectivity index (χ3n) is 3.20. The van der Waals surface area contributed by atoms with E-state index in [1.54, 1.807) is 6.07 Å². The van der Waals surface area contributed by atoms with Gasteiger partial charge >= 0.3 is 0 Å². The van der Waals surface area contributed by atoms with Crippen molar-refractivity contribution in [1.82, 2.24) is 4.98 Å². The molecule has 0 bridgehead atoms. The molecule has 0 saturated heterocycles. The number of carbonyl (C=O) groups is 1. The average molecular weight is 377 g/mol. The first-order chi connectivity index (χ1) is 11.8. The lowest BCUT2D eigenvalue weighted by atomic mass is 10.1. The van der Waals surface area contributed by atoms with Gasteiger partial charge in [0.05, 0.1) is 26.9 Å². The first-order valence-electron chi connectivity index (χ1n) is 7.06. The zero-order valence-corrected chi connectivity index (χ0v) is 14.9. The molecule has 1 heterocycles. The quantitative estimate of drug-likeness (QED) is 0.482. The summed E-state index contributed by atoms with van der Waals surface area (Å²) >= 11 is 7.09. The number of nitro groups is 1. The van der Waals surface area contributed by atoms with Crippen molar-refractivity contribution in [2.75, 3.05) is 11.1 Å². The molecule has 1 N–H and O–H groups in total. The molecule has 0 aliphatic rings. The highest BCUT2D eigenvalue weighted by Crippen LogP contribution is 2.28. The van der Waals surface area contributed by atoms with E-state index in [1.165, 1.54) is 18.2 Å². The van der Waals surface area contributed by atoms with Crippen LogP contribution >= 0.6 is 23.4 Å². The van der Waals surface area contributed by atoms with Gasteiger partial charge in [0, 0.05) is 17.8 Å². The van der Waals surface area contributed by atoms with Crippen LogP contribution in [0.15, 0.2) is 29.3 Å². The van der Waals surface area contributed by atoms with Crippen molar-refractivity contribution in [3.05, 3.63) is 56.2 Å². The summed E-state index contributed by atoms with van der Waals surface area (Å²) in [5.41, 5.74) is 2.13. The van der Waals surface area contributed by atoms with Crippen LogP contribution in [-0.2, 0) is 4.79 Å². The summed E-state index contributed by atoms with van der Waals surface area (Å²) in [5, 5.41) is 23.1. The molecule has 0 spiro atoms. The molecule has 128 valence electrons. The number of anilines is 1. The molecule has 0 unspecified atom stereocenters. The Labute approximate surface area is 153 Å². The number of amides is 1. The van der Waals surface area contributed by atoms with Gasteiger partial charge in [0.1, 0.15) is 11.1 Å². The molecule has 0 fully saturated rings.